The van der Waals surface area contributed by atoms with Crippen LogP contribution in [0.5, 0.6) is 5.75 Å². The van der Waals surface area contributed by atoms with Crippen molar-refractivity contribution in [2.45, 2.75) is 71.4 Å². The number of nitrogens with zero attached hydrogens (tertiary/aromatic N) is 5. The molecule has 0 amide bonds. The van der Waals surface area contributed by atoms with Gasteiger partial charge in [-0.15, -0.1) is 22.7 Å². The number of pyridine rings is 1. The number of benzene rings is 1. The normalized spacial score (nSPS) is 18.5. The average Bonchev–Trinajstić information content (AvgIpc) is 3.68. The van der Waals surface area contributed by atoms with Gasteiger partial charge in [0.25, 0.3) is 5.56 Å². The Morgan fingerprint density at radius 2 is 1.91 bits per heavy atom. The molecule has 8 nitrogen and oxygen atoms in total. The molecule has 5 heterocycles. The first-order valence-corrected chi connectivity index (χ1v) is 17.9. The SMILES string of the molecule is Cc1csc([C@H]2CCCN([C@@H]3CCc4nc(C)n(CCOc5ccc(Cl)cc5-c5cc(C)nc6c(C=O)csc56)c(=O)c4C3)C2)n1. The monoisotopic (exact) mass is 673 g/mol. The first kappa shape index (κ1) is 31.2. The molecule has 1 aliphatic heterocycles. The van der Waals surface area contributed by atoms with Gasteiger partial charge in [0.2, 0.25) is 0 Å². The van der Waals surface area contributed by atoms with Gasteiger partial charge in [0.15, 0.2) is 6.29 Å². The molecule has 1 aromatic carbocycles. The average molecular weight is 674 g/mol. The van der Waals surface area contributed by atoms with Crippen LogP contribution in [0.1, 0.15) is 69.0 Å². The smallest absolute Gasteiger partial charge is 0.257 e. The molecule has 11 heteroatoms. The number of carbonyl (C=O) groups excluding carboxylic acids is 1. The zero-order chi connectivity index (χ0) is 31.9. The summed E-state index contributed by atoms with van der Waals surface area (Å²) < 4.78 is 9.02. The van der Waals surface area contributed by atoms with E-state index in [0.717, 1.165) is 83.5 Å². The van der Waals surface area contributed by atoms with E-state index in [1.807, 2.05) is 37.4 Å². The predicted octanol–water partition coefficient (Wildman–Crippen LogP) is 7.18. The number of rotatable bonds is 8. The second kappa shape index (κ2) is 13.0. The predicted molar refractivity (Wildman–Crippen MR) is 185 cm³/mol. The molecule has 238 valence electrons. The maximum Gasteiger partial charge on any atom is 0.257 e. The molecule has 0 N–H and O–H groups in total. The maximum absolute atomic E-state index is 13.9. The van der Waals surface area contributed by atoms with Crippen LogP contribution in [0.2, 0.25) is 5.02 Å². The molecule has 1 aliphatic carbocycles. The maximum atomic E-state index is 13.9. The van der Waals surface area contributed by atoms with Gasteiger partial charge in [0, 0.05) is 62.4 Å². The van der Waals surface area contributed by atoms with Crippen molar-refractivity contribution >= 4 is 50.8 Å². The van der Waals surface area contributed by atoms with Crippen molar-refractivity contribution in [1.29, 1.82) is 0 Å². The first-order chi connectivity index (χ1) is 22.3. The van der Waals surface area contributed by atoms with E-state index in [-0.39, 0.29) is 12.2 Å². The summed E-state index contributed by atoms with van der Waals surface area (Å²) in [5.74, 6) is 1.84. The van der Waals surface area contributed by atoms with Gasteiger partial charge in [-0.05, 0) is 83.7 Å². The molecule has 0 spiro atoms. The number of thiophene rings is 1. The molecule has 2 aliphatic rings. The highest BCUT2D eigenvalue weighted by Crippen LogP contribution is 2.40. The van der Waals surface area contributed by atoms with E-state index in [1.54, 1.807) is 22.0 Å². The van der Waals surface area contributed by atoms with Gasteiger partial charge in [-0.1, -0.05) is 11.6 Å². The lowest BCUT2D eigenvalue weighted by atomic mass is 9.88. The second-order valence-electron chi connectivity index (χ2n) is 12.4. The highest BCUT2D eigenvalue weighted by Gasteiger charge is 2.32. The fourth-order valence-corrected chi connectivity index (χ4v) is 9.09. The highest BCUT2D eigenvalue weighted by molar-refractivity contribution is 7.18. The minimum absolute atomic E-state index is 0.0442. The topological polar surface area (TPSA) is 90.2 Å². The number of hydrogen-bond acceptors (Lipinski definition) is 9. The van der Waals surface area contributed by atoms with E-state index in [0.29, 0.717) is 46.2 Å². The lowest BCUT2D eigenvalue weighted by molar-refractivity contribution is 0.112. The standard InChI is InChI=1S/C35H36ClN5O3S2/c1-20-13-28(33-32(37-20)24(17-42)19-45-33)27-14-25(36)6-9-31(27)44-12-11-41-22(3)39-30-8-7-26(15-29(30)35(41)43)40-10-4-5-23(16-40)34-38-21(2)18-46-34/h6,9,13-14,17-19,23,26H,4-5,7-8,10-12,15-16H2,1-3H3/t23-,26+/m0/s1. The van der Waals surface area contributed by atoms with Gasteiger partial charge in [-0.2, -0.15) is 0 Å². The van der Waals surface area contributed by atoms with Crippen LogP contribution in [0.3, 0.4) is 0 Å². The molecular formula is C35H36ClN5O3S2. The number of fused-ring (bicyclic) bond motifs is 2. The van der Waals surface area contributed by atoms with Gasteiger partial charge in [0.05, 0.1) is 33.0 Å². The van der Waals surface area contributed by atoms with E-state index in [4.69, 9.17) is 26.3 Å². The number of aromatic nitrogens is 4. The van der Waals surface area contributed by atoms with E-state index in [1.165, 1.54) is 22.8 Å². The molecule has 0 radical (unpaired) electrons. The van der Waals surface area contributed by atoms with Crippen LogP contribution in [-0.2, 0) is 19.4 Å². The third kappa shape index (κ3) is 6.03. The Balaban J connectivity index is 1.10. The Labute approximate surface area is 281 Å². The number of likely N-dealkylation sites (tertiary alicyclic amines) is 1. The molecule has 4 aromatic heterocycles. The van der Waals surface area contributed by atoms with Crippen molar-refractivity contribution < 1.29 is 9.53 Å². The van der Waals surface area contributed by atoms with Crippen molar-refractivity contribution in [2.24, 2.45) is 0 Å². The summed E-state index contributed by atoms with van der Waals surface area (Å²) in [4.78, 5) is 42.4. The van der Waals surface area contributed by atoms with Gasteiger partial charge >= 0.3 is 0 Å². The number of piperidine rings is 1. The van der Waals surface area contributed by atoms with Gasteiger partial charge < -0.3 is 4.74 Å². The fourth-order valence-electron chi connectivity index (χ4n) is 7.01. The quantitative estimate of drug-likeness (QED) is 0.161. The minimum atomic E-state index is 0.0442. The van der Waals surface area contributed by atoms with Crippen LogP contribution < -0.4 is 10.3 Å². The molecule has 5 aromatic rings. The van der Waals surface area contributed by atoms with Gasteiger partial charge in [-0.25, -0.2) is 9.97 Å². The first-order valence-electron chi connectivity index (χ1n) is 15.8. The molecule has 46 heavy (non-hydrogen) atoms. The molecule has 1 fully saturated rings. The molecule has 7 rings (SSSR count). The molecule has 2 atom stereocenters. The van der Waals surface area contributed by atoms with Gasteiger partial charge in [-0.3, -0.25) is 24.0 Å². The van der Waals surface area contributed by atoms with Crippen molar-refractivity contribution in [3.8, 4) is 16.9 Å². The molecule has 0 unspecified atom stereocenters. The van der Waals surface area contributed by atoms with Crippen LogP contribution in [0, 0.1) is 20.8 Å². The summed E-state index contributed by atoms with van der Waals surface area (Å²) in [6, 6.07) is 7.87. The van der Waals surface area contributed by atoms with Crippen LogP contribution in [0.15, 0.2) is 39.8 Å². The van der Waals surface area contributed by atoms with E-state index in [2.05, 4.69) is 22.2 Å². The Hall–Kier alpha value is -3.44. The number of thiazole rings is 1. The summed E-state index contributed by atoms with van der Waals surface area (Å²) in [7, 11) is 0. The summed E-state index contributed by atoms with van der Waals surface area (Å²) >= 11 is 9.71. The third-order valence-electron chi connectivity index (χ3n) is 9.26. The zero-order valence-corrected chi connectivity index (χ0v) is 28.6. The van der Waals surface area contributed by atoms with Crippen LogP contribution in [0.25, 0.3) is 21.3 Å². The Bertz CT molecular complexity index is 2000. The number of carbonyl (C=O) groups is 1. The Kier molecular flexibility index (Phi) is 8.80. The summed E-state index contributed by atoms with van der Waals surface area (Å²) in [6.07, 6.45) is 5.75. The number of aryl methyl sites for hydroxylation is 4. The largest absolute Gasteiger partial charge is 0.491 e. The molecule has 0 bridgehead atoms. The number of ether oxygens (including phenoxy) is 1. The Morgan fingerprint density at radius 3 is 2.72 bits per heavy atom. The molecule has 0 saturated carbocycles. The fraction of sp³-hybridized carbons (Fsp3) is 0.400. The molecular weight excluding hydrogens is 638 g/mol. The van der Waals surface area contributed by atoms with Crippen molar-refractivity contribution in [1.82, 2.24) is 24.4 Å². The lowest BCUT2D eigenvalue weighted by Crippen LogP contribution is -2.46. The second-order valence-corrected chi connectivity index (χ2v) is 14.6. The summed E-state index contributed by atoms with van der Waals surface area (Å²) in [5, 5.41) is 5.80. The van der Waals surface area contributed by atoms with Crippen molar-refractivity contribution in [2.75, 3.05) is 19.7 Å². The van der Waals surface area contributed by atoms with Crippen molar-refractivity contribution in [3.63, 3.8) is 0 Å². The summed E-state index contributed by atoms with van der Waals surface area (Å²) in [5.41, 5.74) is 6.73. The summed E-state index contributed by atoms with van der Waals surface area (Å²) in [6.45, 7) is 8.62. The third-order valence-corrected chi connectivity index (χ3v) is 11.6. The van der Waals surface area contributed by atoms with Crippen LogP contribution in [-0.4, -0.2) is 56.4 Å². The van der Waals surface area contributed by atoms with Gasteiger partial charge in [0.1, 0.15) is 18.2 Å². The zero-order valence-electron chi connectivity index (χ0n) is 26.2. The number of aldehydes is 1. The van der Waals surface area contributed by atoms with Crippen molar-refractivity contribution in [3.05, 3.63) is 89.4 Å². The van der Waals surface area contributed by atoms with E-state index in [9.17, 15) is 9.59 Å². The van der Waals surface area contributed by atoms with Crippen LogP contribution in [0.4, 0.5) is 0 Å². The van der Waals surface area contributed by atoms with E-state index >= 15 is 0 Å². The highest BCUT2D eigenvalue weighted by atomic mass is 35.5. The number of halogens is 1. The Morgan fingerprint density at radius 1 is 1.04 bits per heavy atom. The van der Waals surface area contributed by atoms with E-state index < -0.39 is 0 Å². The number of hydrogen-bond donors (Lipinski definition) is 0. The minimum Gasteiger partial charge on any atom is -0.491 e. The van der Waals surface area contributed by atoms with Crippen LogP contribution >= 0.6 is 34.3 Å². The lowest BCUT2D eigenvalue weighted by Gasteiger charge is -2.39. The molecule has 1 saturated heterocycles.